The van der Waals surface area contributed by atoms with Crippen molar-refractivity contribution in [2.75, 3.05) is 26.2 Å². The molecule has 0 unspecified atom stereocenters. The van der Waals surface area contributed by atoms with Crippen LogP contribution in [-0.4, -0.2) is 116 Å². The first kappa shape index (κ1) is 40.5. The van der Waals surface area contributed by atoms with Crippen molar-refractivity contribution in [1.29, 1.82) is 0 Å². The fourth-order valence-corrected chi connectivity index (χ4v) is 9.01. The van der Waals surface area contributed by atoms with E-state index in [-0.39, 0.29) is 31.8 Å². The maximum absolute atomic E-state index is 14.0. The van der Waals surface area contributed by atoms with Gasteiger partial charge in [-0.2, -0.15) is 0 Å². The number of nitrogens with zero attached hydrogens (tertiary/aromatic N) is 4. The molecule has 7 N–H and O–H groups in total. The lowest BCUT2D eigenvalue weighted by atomic mass is 10.0. The van der Waals surface area contributed by atoms with Crippen molar-refractivity contribution in [2.24, 2.45) is 5.73 Å². The minimum atomic E-state index is -1.09. The molecule has 17 heteroatoms. The number of likely N-dealkylation sites (tertiary alicyclic amines) is 2. The number of carbonyl (C=O) groups excluding carboxylic acids is 7. The number of aromatic amines is 1. The molecule has 2 saturated heterocycles. The van der Waals surface area contributed by atoms with Gasteiger partial charge in [-0.05, 0) is 37.1 Å². The number of carbonyl (C=O) groups is 7. The van der Waals surface area contributed by atoms with E-state index in [0.29, 0.717) is 54.9 Å². The second-order valence-electron chi connectivity index (χ2n) is 15.9. The first-order valence-electron chi connectivity index (χ1n) is 20.5. The van der Waals surface area contributed by atoms with E-state index in [2.05, 4.69) is 31.2 Å². The molecule has 2 fully saturated rings. The number of H-pyrrole nitrogens is 1. The topological polar surface area (TPSA) is 242 Å². The Morgan fingerprint density at radius 1 is 0.619 bits per heavy atom. The van der Waals surface area contributed by atoms with Gasteiger partial charge in [0.05, 0.1) is 51.8 Å². The number of pyridine rings is 2. The van der Waals surface area contributed by atoms with Crippen LogP contribution in [0.3, 0.4) is 0 Å². The van der Waals surface area contributed by atoms with Gasteiger partial charge in [0, 0.05) is 59.2 Å². The minimum Gasteiger partial charge on any atom is -0.368 e. The van der Waals surface area contributed by atoms with Crippen molar-refractivity contribution in [3.8, 4) is 0 Å². The van der Waals surface area contributed by atoms with Crippen LogP contribution in [0.4, 0.5) is 0 Å². The van der Waals surface area contributed by atoms with Gasteiger partial charge in [0.1, 0.15) is 12.1 Å². The molecule has 3 aromatic heterocycles. The molecule has 4 aromatic carbocycles. The number of rotatable bonds is 10. The molecule has 5 heterocycles. The quantitative estimate of drug-likeness (QED) is 0.111. The van der Waals surface area contributed by atoms with E-state index in [9.17, 15) is 33.6 Å². The first-order chi connectivity index (χ1) is 30.4. The zero-order chi connectivity index (χ0) is 43.9. The maximum Gasteiger partial charge on any atom is 0.254 e. The van der Waals surface area contributed by atoms with Gasteiger partial charge in [0.25, 0.3) is 11.8 Å². The Morgan fingerprint density at radius 2 is 1.10 bits per heavy atom. The second-order valence-corrected chi connectivity index (χ2v) is 15.9. The average Bonchev–Trinajstić information content (AvgIpc) is 4.01. The van der Waals surface area contributed by atoms with Crippen molar-refractivity contribution < 1.29 is 33.6 Å². The van der Waals surface area contributed by atoms with Crippen LogP contribution in [0.15, 0.2) is 97.1 Å². The number of para-hydroxylation sites is 4. The Hall–Kier alpha value is -7.95. The monoisotopic (exact) mass is 846 g/mol. The molecule has 0 bridgehead atoms. The van der Waals surface area contributed by atoms with E-state index in [0.717, 1.165) is 10.9 Å². The van der Waals surface area contributed by atoms with Crippen LogP contribution in [0, 0.1) is 0 Å². The summed E-state index contributed by atoms with van der Waals surface area (Å²) in [5.74, 6) is -3.89. The number of nitrogens with two attached hydrogens (primary N) is 1. The van der Waals surface area contributed by atoms with Crippen LogP contribution in [-0.2, 0) is 24.0 Å². The third-order valence-electron chi connectivity index (χ3n) is 11.8. The maximum atomic E-state index is 14.0. The van der Waals surface area contributed by atoms with Crippen LogP contribution >= 0.6 is 0 Å². The molecule has 318 valence electrons. The van der Waals surface area contributed by atoms with Crippen LogP contribution in [0.2, 0.25) is 0 Å². The summed E-state index contributed by atoms with van der Waals surface area (Å²) >= 11 is 0. The SMILES string of the molecule is CC(=O)N[C@H]1C[C@@H](C(=O)N[C@H]2C[C@@H](C(N)=O)N(C(=O)CNC(=O)c3c4ccccc4nc4c3[nH]c3ccccc34)C2)N(C(=O)CNC(=O)c2c3ccccc3nc3ccccc23)C1. The molecule has 0 saturated carbocycles. The fourth-order valence-electron chi connectivity index (χ4n) is 9.01. The molecule has 9 rings (SSSR count). The lowest BCUT2D eigenvalue weighted by molar-refractivity contribution is -0.138. The smallest absolute Gasteiger partial charge is 0.254 e. The molecule has 63 heavy (non-hydrogen) atoms. The first-order valence-corrected chi connectivity index (χ1v) is 20.5. The third kappa shape index (κ3) is 7.68. The molecular weight excluding hydrogens is 805 g/mol. The molecular formula is C46H42N10O7. The summed E-state index contributed by atoms with van der Waals surface area (Å²) in [6.45, 7) is 0.327. The average molecular weight is 847 g/mol. The predicted molar refractivity (Wildman–Crippen MR) is 234 cm³/mol. The Bertz CT molecular complexity index is 3000. The van der Waals surface area contributed by atoms with Gasteiger partial charge >= 0.3 is 0 Å². The Kier molecular flexibility index (Phi) is 10.6. The third-order valence-corrected chi connectivity index (χ3v) is 11.8. The molecule has 0 spiro atoms. The van der Waals surface area contributed by atoms with Gasteiger partial charge in [0.15, 0.2) is 0 Å². The van der Waals surface area contributed by atoms with Crippen LogP contribution in [0.5, 0.6) is 0 Å². The van der Waals surface area contributed by atoms with Crippen molar-refractivity contribution in [3.63, 3.8) is 0 Å². The molecule has 2 aliphatic heterocycles. The van der Waals surface area contributed by atoms with Gasteiger partial charge in [-0.3, -0.25) is 33.6 Å². The standard InChI is InChI=1S/C46H42N10O7/c1-24(57)50-25-19-36(56(22-25)38(59)21-48-45(62)39-27-10-2-6-14-31(27)52-32-15-7-3-11-28(32)39)44(61)51-26-18-35(43(47)60)55(23-26)37(58)20-49-46(63)40-29-12-4-8-16-33(29)53-41-30-13-5-9-17-34(30)54-42(40)41/h2-17,25-26,35-36,54H,18-23H2,1H3,(H2,47,60)(H,48,62)(H,49,63)(H,50,57)(H,51,61)/t25-,26-,35-,36-/m0/s1. The fraction of sp³-hybridized carbons (Fsp3) is 0.239. The molecule has 7 aromatic rings. The number of hydrogen-bond donors (Lipinski definition) is 6. The summed E-state index contributed by atoms with van der Waals surface area (Å²) in [5.41, 5.74) is 10.2. The summed E-state index contributed by atoms with van der Waals surface area (Å²) in [5, 5.41) is 13.8. The number of fused-ring (bicyclic) bond motifs is 6. The zero-order valence-electron chi connectivity index (χ0n) is 34.0. The Labute approximate surface area is 358 Å². The number of amides is 7. The zero-order valence-corrected chi connectivity index (χ0v) is 34.0. The van der Waals surface area contributed by atoms with Crippen LogP contribution in [0.1, 0.15) is 40.5 Å². The van der Waals surface area contributed by atoms with E-state index in [1.54, 1.807) is 54.6 Å². The van der Waals surface area contributed by atoms with E-state index in [1.807, 2.05) is 42.5 Å². The largest absolute Gasteiger partial charge is 0.368 e. The van der Waals surface area contributed by atoms with E-state index in [4.69, 9.17) is 10.7 Å². The van der Waals surface area contributed by atoms with Gasteiger partial charge in [-0.1, -0.05) is 72.8 Å². The highest BCUT2D eigenvalue weighted by atomic mass is 16.2. The Morgan fingerprint density at radius 3 is 1.68 bits per heavy atom. The lowest BCUT2D eigenvalue weighted by Gasteiger charge is -2.25. The van der Waals surface area contributed by atoms with Crippen LogP contribution in [0.25, 0.3) is 54.6 Å². The molecule has 4 atom stereocenters. The molecule has 17 nitrogen and oxygen atoms in total. The van der Waals surface area contributed by atoms with Gasteiger partial charge in [0.2, 0.25) is 29.5 Å². The number of benzene rings is 4. The van der Waals surface area contributed by atoms with Crippen molar-refractivity contribution in [2.45, 2.75) is 43.9 Å². The molecule has 7 amide bonds. The Balaban J connectivity index is 0.881. The molecule has 0 radical (unpaired) electrons. The van der Waals surface area contributed by atoms with Crippen LogP contribution < -0.4 is 27.0 Å². The van der Waals surface area contributed by atoms with Gasteiger partial charge in [-0.15, -0.1) is 0 Å². The summed E-state index contributed by atoms with van der Waals surface area (Å²) in [4.78, 5) is 109. The normalized spacial score (nSPS) is 18.6. The van der Waals surface area contributed by atoms with E-state index in [1.165, 1.54) is 16.7 Å². The highest BCUT2D eigenvalue weighted by Crippen LogP contribution is 2.31. The minimum absolute atomic E-state index is 0.00392. The number of hydrogen-bond acceptors (Lipinski definition) is 9. The number of primary amides is 1. The van der Waals surface area contributed by atoms with Crippen molar-refractivity contribution in [3.05, 3.63) is 108 Å². The molecule has 0 aliphatic carbocycles. The van der Waals surface area contributed by atoms with Gasteiger partial charge in [-0.25, -0.2) is 9.97 Å². The summed E-state index contributed by atoms with van der Waals surface area (Å²) < 4.78 is 0. The molecule has 2 aliphatic rings. The van der Waals surface area contributed by atoms with Crippen molar-refractivity contribution >= 4 is 96.0 Å². The van der Waals surface area contributed by atoms with Gasteiger partial charge < -0.3 is 41.8 Å². The van der Waals surface area contributed by atoms with E-state index >= 15 is 0 Å². The summed E-state index contributed by atoms with van der Waals surface area (Å²) in [6.07, 6.45) is 0.0732. The predicted octanol–water partition coefficient (Wildman–Crippen LogP) is 2.41. The lowest BCUT2D eigenvalue weighted by Crippen LogP contribution is -2.51. The number of aromatic nitrogens is 3. The van der Waals surface area contributed by atoms with Crippen molar-refractivity contribution in [1.82, 2.24) is 46.0 Å². The second kappa shape index (κ2) is 16.5. The highest BCUT2D eigenvalue weighted by Gasteiger charge is 2.44. The summed E-state index contributed by atoms with van der Waals surface area (Å²) in [6, 6.07) is 25.7. The van der Waals surface area contributed by atoms with E-state index < -0.39 is 72.7 Å². The summed E-state index contributed by atoms with van der Waals surface area (Å²) in [7, 11) is 0. The highest BCUT2D eigenvalue weighted by molar-refractivity contribution is 6.21. The number of nitrogens with one attached hydrogen (secondary N) is 5.